The number of hydrogen-bond donors (Lipinski definition) is 2. The van der Waals surface area contributed by atoms with Crippen LogP contribution in [-0.2, 0) is 0 Å². The fraction of sp³-hybridized carbons (Fsp3) is 0.0476. The van der Waals surface area contributed by atoms with E-state index in [1.165, 1.54) is 0 Å². The van der Waals surface area contributed by atoms with E-state index in [1.807, 2.05) is 54.6 Å². The van der Waals surface area contributed by atoms with Crippen LogP contribution in [-0.4, -0.2) is 16.6 Å². The third-order valence-electron chi connectivity index (χ3n) is 4.20. The number of hydrogen-bond acceptors (Lipinski definition) is 3. The Morgan fingerprint density at radius 1 is 1.00 bits per heavy atom. The standard InChI is InChI=1S/C21H17N3O2/c1-14(18-12-7-13-26-18)23-24-21(25)20-19(15-8-3-2-4-9-15)16-10-5-6-11-17(16)22-20/h2-13,22H,1H3,(H,24,25)/b23-14+. The summed E-state index contributed by atoms with van der Waals surface area (Å²) in [6.07, 6.45) is 1.57. The minimum Gasteiger partial charge on any atom is -0.463 e. The highest BCUT2D eigenvalue weighted by molar-refractivity contribution is 6.10. The van der Waals surface area contributed by atoms with E-state index in [2.05, 4.69) is 15.5 Å². The number of carbonyl (C=O) groups excluding carboxylic acids is 1. The van der Waals surface area contributed by atoms with Gasteiger partial charge in [0.2, 0.25) is 0 Å². The number of H-pyrrole nitrogens is 1. The molecule has 0 saturated heterocycles. The van der Waals surface area contributed by atoms with E-state index in [0.717, 1.165) is 22.0 Å². The molecular weight excluding hydrogens is 326 g/mol. The Kier molecular flexibility index (Phi) is 4.11. The van der Waals surface area contributed by atoms with Crippen LogP contribution < -0.4 is 5.43 Å². The van der Waals surface area contributed by atoms with Gasteiger partial charge in [0.25, 0.3) is 5.91 Å². The van der Waals surface area contributed by atoms with E-state index in [1.54, 1.807) is 25.3 Å². The number of para-hydroxylation sites is 1. The molecule has 0 bridgehead atoms. The normalized spacial score (nSPS) is 11.7. The predicted octanol–water partition coefficient (Wildman–Crippen LogP) is 4.58. The number of carbonyl (C=O) groups is 1. The Balaban J connectivity index is 1.74. The van der Waals surface area contributed by atoms with Gasteiger partial charge < -0.3 is 9.40 Å². The Bertz CT molecular complexity index is 1080. The molecule has 0 saturated carbocycles. The molecule has 2 aromatic heterocycles. The number of nitrogens with one attached hydrogen (secondary N) is 2. The Morgan fingerprint density at radius 3 is 2.54 bits per heavy atom. The van der Waals surface area contributed by atoms with Gasteiger partial charge in [-0.2, -0.15) is 5.10 Å². The first kappa shape index (κ1) is 15.9. The van der Waals surface area contributed by atoms with Crippen LogP contribution in [0.3, 0.4) is 0 Å². The van der Waals surface area contributed by atoms with Gasteiger partial charge in [-0.05, 0) is 30.7 Å². The number of amides is 1. The number of rotatable bonds is 4. The van der Waals surface area contributed by atoms with Gasteiger partial charge in [-0.3, -0.25) is 4.79 Å². The highest BCUT2D eigenvalue weighted by Crippen LogP contribution is 2.32. The molecule has 26 heavy (non-hydrogen) atoms. The second kappa shape index (κ2) is 6.72. The number of aromatic amines is 1. The average molecular weight is 343 g/mol. The van der Waals surface area contributed by atoms with Crippen molar-refractivity contribution in [2.45, 2.75) is 6.92 Å². The van der Waals surface area contributed by atoms with E-state index < -0.39 is 0 Å². The summed E-state index contributed by atoms with van der Waals surface area (Å²) in [5.41, 5.74) is 6.44. The summed E-state index contributed by atoms with van der Waals surface area (Å²) in [5, 5.41) is 5.15. The summed E-state index contributed by atoms with van der Waals surface area (Å²) in [7, 11) is 0. The van der Waals surface area contributed by atoms with Crippen LogP contribution in [0.2, 0.25) is 0 Å². The second-order valence-corrected chi connectivity index (χ2v) is 5.90. The number of aromatic nitrogens is 1. The molecule has 2 heterocycles. The lowest BCUT2D eigenvalue weighted by molar-refractivity contribution is 0.0951. The first-order valence-corrected chi connectivity index (χ1v) is 8.28. The van der Waals surface area contributed by atoms with Gasteiger partial charge in [0, 0.05) is 16.5 Å². The van der Waals surface area contributed by atoms with Crippen molar-refractivity contribution in [1.29, 1.82) is 0 Å². The summed E-state index contributed by atoms with van der Waals surface area (Å²) < 4.78 is 5.28. The molecular formula is C21H17N3O2. The maximum atomic E-state index is 12.8. The van der Waals surface area contributed by atoms with Gasteiger partial charge in [-0.15, -0.1) is 0 Å². The number of nitrogens with zero attached hydrogens (tertiary/aromatic N) is 1. The van der Waals surface area contributed by atoms with Gasteiger partial charge in [-0.1, -0.05) is 48.5 Å². The minimum atomic E-state index is -0.300. The van der Waals surface area contributed by atoms with Crippen LogP contribution >= 0.6 is 0 Å². The van der Waals surface area contributed by atoms with Crippen molar-refractivity contribution in [2.75, 3.05) is 0 Å². The van der Waals surface area contributed by atoms with E-state index in [-0.39, 0.29) is 5.91 Å². The first-order chi connectivity index (χ1) is 12.7. The summed E-state index contributed by atoms with van der Waals surface area (Å²) >= 11 is 0. The summed E-state index contributed by atoms with van der Waals surface area (Å²) in [6.45, 7) is 1.78. The van der Waals surface area contributed by atoms with Crippen molar-refractivity contribution in [3.63, 3.8) is 0 Å². The number of benzene rings is 2. The van der Waals surface area contributed by atoms with Crippen molar-refractivity contribution >= 4 is 22.5 Å². The summed E-state index contributed by atoms with van der Waals surface area (Å²) in [5.74, 6) is 0.316. The molecule has 2 N–H and O–H groups in total. The molecule has 0 radical (unpaired) electrons. The molecule has 0 fully saturated rings. The highest BCUT2D eigenvalue weighted by Gasteiger charge is 2.18. The average Bonchev–Trinajstić information content (AvgIpc) is 3.34. The molecule has 0 aliphatic heterocycles. The largest absolute Gasteiger partial charge is 0.463 e. The lowest BCUT2D eigenvalue weighted by atomic mass is 10.0. The molecule has 2 aromatic carbocycles. The Morgan fingerprint density at radius 2 is 1.77 bits per heavy atom. The Hall–Kier alpha value is -3.60. The molecule has 4 rings (SSSR count). The van der Waals surface area contributed by atoms with Gasteiger partial charge in [0.1, 0.15) is 17.2 Å². The summed E-state index contributed by atoms with van der Waals surface area (Å²) in [4.78, 5) is 16.0. The molecule has 0 unspecified atom stereocenters. The molecule has 4 aromatic rings. The van der Waals surface area contributed by atoms with Gasteiger partial charge in [0.15, 0.2) is 0 Å². The van der Waals surface area contributed by atoms with Gasteiger partial charge in [0.05, 0.1) is 6.26 Å². The lowest BCUT2D eigenvalue weighted by Crippen LogP contribution is -2.20. The summed E-state index contributed by atoms with van der Waals surface area (Å²) in [6, 6.07) is 21.3. The first-order valence-electron chi connectivity index (χ1n) is 8.28. The monoisotopic (exact) mass is 343 g/mol. The quantitative estimate of drug-likeness (QED) is 0.420. The lowest BCUT2D eigenvalue weighted by Gasteiger charge is -2.05. The zero-order valence-electron chi connectivity index (χ0n) is 14.2. The number of hydrazone groups is 1. The van der Waals surface area contributed by atoms with E-state index in [0.29, 0.717) is 17.2 Å². The number of furan rings is 1. The van der Waals surface area contributed by atoms with Crippen LogP contribution in [0.1, 0.15) is 23.2 Å². The smallest absolute Gasteiger partial charge is 0.288 e. The molecule has 0 atom stereocenters. The zero-order chi connectivity index (χ0) is 17.9. The van der Waals surface area contributed by atoms with Crippen LogP contribution in [0, 0.1) is 0 Å². The predicted molar refractivity (Wildman–Crippen MR) is 102 cm³/mol. The van der Waals surface area contributed by atoms with Crippen LogP contribution in [0.25, 0.3) is 22.0 Å². The Labute approximate surface area is 150 Å². The fourth-order valence-electron chi connectivity index (χ4n) is 2.95. The molecule has 1 amide bonds. The van der Waals surface area contributed by atoms with E-state index >= 15 is 0 Å². The second-order valence-electron chi connectivity index (χ2n) is 5.90. The van der Waals surface area contributed by atoms with Crippen LogP contribution in [0.15, 0.2) is 82.5 Å². The topological polar surface area (TPSA) is 70.4 Å². The number of fused-ring (bicyclic) bond motifs is 1. The maximum absolute atomic E-state index is 12.8. The van der Waals surface area contributed by atoms with E-state index in [4.69, 9.17) is 4.42 Å². The highest BCUT2D eigenvalue weighted by atomic mass is 16.3. The van der Waals surface area contributed by atoms with Crippen molar-refractivity contribution < 1.29 is 9.21 Å². The van der Waals surface area contributed by atoms with Crippen molar-refractivity contribution in [2.24, 2.45) is 5.10 Å². The fourth-order valence-corrected chi connectivity index (χ4v) is 2.95. The van der Waals surface area contributed by atoms with Crippen molar-refractivity contribution in [3.05, 3.63) is 84.4 Å². The van der Waals surface area contributed by atoms with E-state index in [9.17, 15) is 4.79 Å². The molecule has 128 valence electrons. The SMILES string of the molecule is C/C(=N\NC(=O)c1[nH]c2ccccc2c1-c1ccccc1)c1ccco1. The maximum Gasteiger partial charge on any atom is 0.288 e. The molecule has 0 aliphatic carbocycles. The van der Waals surface area contributed by atoms with Crippen molar-refractivity contribution in [3.8, 4) is 11.1 Å². The zero-order valence-corrected chi connectivity index (χ0v) is 14.2. The van der Waals surface area contributed by atoms with Crippen molar-refractivity contribution in [1.82, 2.24) is 10.4 Å². The van der Waals surface area contributed by atoms with Gasteiger partial charge >= 0.3 is 0 Å². The minimum absolute atomic E-state index is 0.300. The molecule has 0 spiro atoms. The van der Waals surface area contributed by atoms with Crippen LogP contribution in [0.4, 0.5) is 0 Å². The molecule has 5 heteroatoms. The molecule has 5 nitrogen and oxygen atoms in total. The molecule has 0 aliphatic rings. The third kappa shape index (κ3) is 2.91. The van der Waals surface area contributed by atoms with Crippen LogP contribution in [0.5, 0.6) is 0 Å². The van der Waals surface area contributed by atoms with Gasteiger partial charge in [-0.25, -0.2) is 5.43 Å². The third-order valence-corrected chi connectivity index (χ3v) is 4.20.